The van der Waals surface area contributed by atoms with Gasteiger partial charge < -0.3 is 10.1 Å². The minimum Gasteiger partial charge on any atom is -0.486 e. The number of carbonyl (C=O) groups excluding carboxylic acids is 1. The van der Waals surface area contributed by atoms with Crippen molar-refractivity contribution in [2.75, 3.05) is 0 Å². The lowest BCUT2D eigenvalue weighted by Crippen LogP contribution is -2.19. The number of rotatable bonds is 5. The molecule has 0 bridgehead atoms. The average molecular weight is 630 g/mol. The predicted octanol–water partition coefficient (Wildman–Crippen LogP) is 8.03. The van der Waals surface area contributed by atoms with Crippen LogP contribution in [-0.2, 0) is 11.4 Å². The van der Waals surface area contributed by atoms with Gasteiger partial charge in [0.05, 0.1) is 20.6 Å². The second kappa shape index (κ2) is 10.7. The number of nitrogens with zero attached hydrogens (tertiary/aromatic N) is 1. The highest BCUT2D eigenvalue weighted by Gasteiger charge is 2.24. The van der Waals surface area contributed by atoms with Gasteiger partial charge in [-0.05, 0) is 100 Å². The Labute approximate surface area is 224 Å². The minimum absolute atomic E-state index is 0.246. The molecule has 0 radical (unpaired) electrons. The van der Waals surface area contributed by atoms with E-state index in [-0.39, 0.29) is 5.91 Å². The smallest absolute Gasteiger partial charge is 0.264 e. The molecule has 3 aromatic carbocycles. The van der Waals surface area contributed by atoms with Crippen LogP contribution in [0.15, 0.2) is 64.5 Å². The van der Waals surface area contributed by atoms with Crippen molar-refractivity contribution in [3.63, 3.8) is 0 Å². The molecule has 0 saturated carbocycles. The Balaban J connectivity index is 1.51. The molecule has 0 unspecified atom stereocenters. The summed E-state index contributed by atoms with van der Waals surface area (Å²) in [5.41, 5.74) is 3.24. The summed E-state index contributed by atoms with van der Waals surface area (Å²) in [6.07, 6.45) is 1.72. The van der Waals surface area contributed by atoms with Crippen molar-refractivity contribution >= 4 is 92.0 Å². The lowest BCUT2D eigenvalue weighted by molar-refractivity contribution is -0.115. The molecular weight excluding hydrogens is 614 g/mol. The molecule has 1 amide bonds. The molecule has 1 heterocycles. The average Bonchev–Trinajstić information content (AvgIpc) is 3.10. The van der Waals surface area contributed by atoms with Crippen molar-refractivity contribution in [3.05, 3.63) is 94.8 Å². The predicted molar refractivity (Wildman–Crippen MR) is 147 cm³/mol. The number of hydrogen-bond acceptors (Lipinski definition) is 4. The van der Waals surface area contributed by atoms with Gasteiger partial charge in [0, 0.05) is 8.59 Å². The van der Waals surface area contributed by atoms with Crippen LogP contribution in [0, 0.1) is 10.5 Å². The monoisotopic (exact) mass is 628 g/mol. The number of benzene rings is 3. The summed E-state index contributed by atoms with van der Waals surface area (Å²) in [7, 11) is 0. The number of amidine groups is 1. The summed E-state index contributed by atoms with van der Waals surface area (Å²) < 4.78 is 6.99. The van der Waals surface area contributed by atoms with Gasteiger partial charge in [-0.25, -0.2) is 4.99 Å². The van der Waals surface area contributed by atoms with Gasteiger partial charge >= 0.3 is 0 Å². The van der Waals surface area contributed by atoms with E-state index in [1.54, 1.807) is 24.3 Å². The van der Waals surface area contributed by atoms with Gasteiger partial charge in [-0.2, -0.15) is 0 Å². The van der Waals surface area contributed by atoms with E-state index in [1.165, 1.54) is 11.8 Å². The van der Waals surface area contributed by atoms with Crippen molar-refractivity contribution in [3.8, 4) is 5.75 Å². The van der Waals surface area contributed by atoms with E-state index in [0.29, 0.717) is 48.7 Å². The van der Waals surface area contributed by atoms with Crippen molar-refractivity contribution in [1.29, 1.82) is 0 Å². The molecule has 9 heteroatoms. The van der Waals surface area contributed by atoms with Gasteiger partial charge in [-0.3, -0.25) is 4.79 Å². The molecule has 1 fully saturated rings. The van der Waals surface area contributed by atoms with Crippen LogP contribution in [0.5, 0.6) is 5.75 Å². The fourth-order valence-corrected chi connectivity index (χ4v) is 4.97. The number of hydrogen-bond donors (Lipinski definition) is 1. The number of nitrogens with one attached hydrogen (secondary N) is 1. The van der Waals surface area contributed by atoms with E-state index in [4.69, 9.17) is 39.5 Å². The third-order valence-electron chi connectivity index (χ3n) is 4.73. The summed E-state index contributed by atoms with van der Waals surface area (Å²) in [4.78, 5) is 17.5. The largest absolute Gasteiger partial charge is 0.486 e. The lowest BCUT2D eigenvalue weighted by Gasteiger charge is -2.11. The van der Waals surface area contributed by atoms with E-state index < -0.39 is 0 Å². The Morgan fingerprint density at radius 3 is 2.45 bits per heavy atom. The Hall–Kier alpha value is -1.71. The number of ether oxygens (including phenoxy) is 1. The molecule has 3 aromatic rings. The summed E-state index contributed by atoms with van der Waals surface area (Å²) in [6.45, 7) is 2.23. The van der Waals surface area contributed by atoms with Gasteiger partial charge in [0.25, 0.3) is 5.91 Å². The van der Waals surface area contributed by atoms with Crippen molar-refractivity contribution in [2.24, 2.45) is 4.99 Å². The maximum Gasteiger partial charge on any atom is 0.264 e. The van der Waals surface area contributed by atoms with Gasteiger partial charge in [-0.15, -0.1) is 0 Å². The first-order chi connectivity index (χ1) is 15.8. The molecule has 0 spiro atoms. The summed E-state index contributed by atoms with van der Waals surface area (Å²) in [5, 5.41) is 4.61. The zero-order valence-electron chi connectivity index (χ0n) is 17.2. The fraction of sp³-hybridized carbons (Fsp3) is 0.0833. The van der Waals surface area contributed by atoms with Crippen LogP contribution >= 0.6 is 69.2 Å². The second-order valence-corrected chi connectivity index (χ2v) is 10.6. The van der Waals surface area contributed by atoms with Crippen LogP contribution in [0.4, 0.5) is 5.69 Å². The molecule has 168 valence electrons. The van der Waals surface area contributed by atoms with E-state index in [0.717, 1.165) is 14.7 Å². The van der Waals surface area contributed by atoms with Crippen LogP contribution in [0.3, 0.4) is 0 Å². The first kappa shape index (κ1) is 24.4. The zero-order chi connectivity index (χ0) is 23.5. The SMILES string of the molecule is Cc1c(Cl)cccc1N=C1NC(=O)/C(=C\c2cc(Cl)c(OCc3ccc(I)cc3)c(Cl)c2)S1. The number of amides is 1. The van der Waals surface area contributed by atoms with E-state index in [2.05, 4.69) is 32.9 Å². The molecule has 1 aliphatic heterocycles. The summed E-state index contributed by atoms with van der Waals surface area (Å²) >= 11 is 22.5. The van der Waals surface area contributed by atoms with Crippen molar-refractivity contribution < 1.29 is 9.53 Å². The minimum atomic E-state index is -0.246. The highest BCUT2D eigenvalue weighted by atomic mass is 127. The number of thioether (sulfide) groups is 1. The Morgan fingerprint density at radius 2 is 1.76 bits per heavy atom. The van der Waals surface area contributed by atoms with E-state index >= 15 is 0 Å². The van der Waals surface area contributed by atoms with Crippen LogP contribution in [0.1, 0.15) is 16.7 Å². The van der Waals surface area contributed by atoms with Gasteiger partial charge in [0.1, 0.15) is 6.61 Å². The Kier molecular flexibility index (Phi) is 7.91. The van der Waals surface area contributed by atoms with Crippen LogP contribution in [0.25, 0.3) is 6.08 Å². The van der Waals surface area contributed by atoms with Gasteiger partial charge in [0.2, 0.25) is 0 Å². The molecule has 0 aromatic heterocycles. The van der Waals surface area contributed by atoms with Gasteiger partial charge in [0.15, 0.2) is 10.9 Å². The highest BCUT2D eigenvalue weighted by molar-refractivity contribution is 14.1. The third-order valence-corrected chi connectivity index (χ3v) is 7.33. The van der Waals surface area contributed by atoms with Crippen LogP contribution in [-0.4, -0.2) is 11.1 Å². The first-order valence-corrected chi connectivity index (χ1v) is 12.7. The maximum absolute atomic E-state index is 12.5. The molecule has 4 nitrogen and oxygen atoms in total. The maximum atomic E-state index is 12.5. The van der Waals surface area contributed by atoms with E-state index in [9.17, 15) is 4.79 Å². The molecule has 1 aliphatic rings. The van der Waals surface area contributed by atoms with Gasteiger partial charge in [-0.1, -0.05) is 53.0 Å². The molecule has 1 N–H and O–H groups in total. The van der Waals surface area contributed by atoms with Crippen molar-refractivity contribution in [2.45, 2.75) is 13.5 Å². The standard InChI is InChI=1S/C24H16Cl3IN2O2S/c1-13-17(25)3-2-4-20(13)29-24-30-23(31)21(33-24)11-15-9-18(26)22(19(27)10-15)32-12-14-5-7-16(28)8-6-14/h2-11H,12H2,1H3,(H,29,30,31)/b21-11+. The number of aliphatic imine (C=N–C) groups is 1. The quantitative estimate of drug-likeness (QED) is 0.230. The Bertz CT molecular complexity index is 1270. The molecule has 0 aliphatic carbocycles. The van der Waals surface area contributed by atoms with Crippen LogP contribution < -0.4 is 10.1 Å². The first-order valence-electron chi connectivity index (χ1n) is 9.71. The third kappa shape index (κ3) is 6.05. The highest BCUT2D eigenvalue weighted by Crippen LogP contribution is 2.37. The molecule has 4 rings (SSSR count). The molecule has 1 saturated heterocycles. The fourth-order valence-electron chi connectivity index (χ4n) is 3.00. The normalized spacial score (nSPS) is 15.8. The summed E-state index contributed by atoms with van der Waals surface area (Å²) in [6, 6.07) is 16.9. The molecule has 33 heavy (non-hydrogen) atoms. The van der Waals surface area contributed by atoms with Crippen molar-refractivity contribution in [1.82, 2.24) is 5.32 Å². The van der Waals surface area contributed by atoms with Crippen LogP contribution in [0.2, 0.25) is 15.1 Å². The lowest BCUT2D eigenvalue weighted by atomic mass is 10.2. The van der Waals surface area contributed by atoms with E-state index in [1.807, 2.05) is 43.3 Å². The number of carbonyl (C=O) groups is 1. The zero-order valence-corrected chi connectivity index (χ0v) is 22.4. The molecular formula is C24H16Cl3IN2O2S. The number of halogens is 4. The Morgan fingerprint density at radius 1 is 1.06 bits per heavy atom. The summed E-state index contributed by atoms with van der Waals surface area (Å²) in [5.74, 6) is 0.158. The second-order valence-electron chi connectivity index (χ2n) is 7.09. The molecule has 0 atom stereocenters. The topological polar surface area (TPSA) is 50.7 Å².